The van der Waals surface area contributed by atoms with Gasteiger partial charge < -0.3 is 4.90 Å². The van der Waals surface area contributed by atoms with Crippen LogP contribution >= 0.6 is 0 Å². The molecule has 104 valence electrons. The van der Waals surface area contributed by atoms with Crippen LogP contribution in [0, 0.1) is 0 Å². The average molecular weight is 270 g/mol. The Labute approximate surface area is 118 Å². The Morgan fingerprint density at radius 3 is 2.70 bits per heavy atom. The minimum absolute atomic E-state index is 0.428. The predicted octanol–water partition coefficient (Wildman–Crippen LogP) is 2.45. The van der Waals surface area contributed by atoms with Gasteiger partial charge >= 0.3 is 0 Å². The molecule has 4 nitrogen and oxygen atoms in total. The number of ketones is 2. The van der Waals surface area contributed by atoms with Crippen molar-refractivity contribution in [2.24, 2.45) is 0 Å². The molecule has 2 aliphatic rings. The summed E-state index contributed by atoms with van der Waals surface area (Å²) in [5, 5.41) is 0. The lowest BCUT2D eigenvalue weighted by molar-refractivity contribution is -0.111. The number of hydrogen-bond donors (Lipinski definition) is 0. The zero-order chi connectivity index (χ0) is 14.1. The maximum atomic E-state index is 11.9. The van der Waals surface area contributed by atoms with Crippen molar-refractivity contribution in [3.63, 3.8) is 0 Å². The molecule has 0 aromatic carbocycles. The quantitative estimate of drug-likeness (QED) is 0.775. The van der Waals surface area contributed by atoms with E-state index in [9.17, 15) is 9.59 Å². The summed E-state index contributed by atoms with van der Waals surface area (Å²) in [6.07, 6.45) is 9.14. The molecule has 1 fully saturated rings. The highest BCUT2D eigenvalue weighted by Crippen LogP contribution is 2.31. The fourth-order valence-corrected chi connectivity index (χ4v) is 3.12. The van der Waals surface area contributed by atoms with Crippen LogP contribution in [0.1, 0.15) is 48.2 Å². The van der Waals surface area contributed by atoms with E-state index in [1.54, 1.807) is 18.3 Å². The first-order chi connectivity index (χ1) is 9.68. The van der Waals surface area contributed by atoms with E-state index in [-0.39, 0.29) is 0 Å². The second-order valence-electron chi connectivity index (χ2n) is 5.53. The number of fused-ring (bicyclic) bond motifs is 1. The summed E-state index contributed by atoms with van der Waals surface area (Å²) >= 11 is 0. The highest BCUT2D eigenvalue weighted by atomic mass is 16.2. The van der Waals surface area contributed by atoms with Crippen LogP contribution in [0.3, 0.4) is 0 Å². The molecule has 2 aliphatic carbocycles. The van der Waals surface area contributed by atoms with E-state index in [1.165, 1.54) is 25.3 Å². The molecule has 1 heterocycles. The van der Waals surface area contributed by atoms with Crippen molar-refractivity contribution < 1.29 is 9.59 Å². The minimum atomic E-state index is -0.450. The molecule has 0 bridgehead atoms. The van der Waals surface area contributed by atoms with E-state index < -0.39 is 11.6 Å². The second-order valence-corrected chi connectivity index (χ2v) is 5.53. The van der Waals surface area contributed by atoms with E-state index in [0.717, 1.165) is 18.5 Å². The van der Waals surface area contributed by atoms with Crippen molar-refractivity contribution in [3.05, 3.63) is 35.7 Å². The summed E-state index contributed by atoms with van der Waals surface area (Å²) in [6.45, 7) is 0. The number of nitrogens with zero attached hydrogens (tertiary/aromatic N) is 2. The topological polar surface area (TPSA) is 50.3 Å². The number of aromatic nitrogens is 1. The molecular formula is C16H18N2O2. The highest BCUT2D eigenvalue weighted by molar-refractivity contribution is 6.50. The Bertz CT molecular complexity index is 586. The molecule has 0 unspecified atom stereocenters. The van der Waals surface area contributed by atoms with Gasteiger partial charge in [-0.05, 0) is 25.0 Å². The van der Waals surface area contributed by atoms with Gasteiger partial charge in [-0.2, -0.15) is 0 Å². The van der Waals surface area contributed by atoms with Gasteiger partial charge in [0.15, 0.2) is 0 Å². The van der Waals surface area contributed by atoms with Crippen LogP contribution in [-0.4, -0.2) is 34.5 Å². The number of rotatable bonds is 2. The van der Waals surface area contributed by atoms with Crippen LogP contribution in [0.5, 0.6) is 0 Å². The highest BCUT2D eigenvalue weighted by Gasteiger charge is 2.30. The van der Waals surface area contributed by atoms with Crippen LogP contribution in [0.4, 0.5) is 0 Å². The Morgan fingerprint density at radius 1 is 1.20 bits per heavy atom. The molecule has 3 rings (SSSR count). The first-order valence-corrected chi connectivity index (χ1v) is 7.17. The first kappa shape index (κ1) is 13.0. The first-order valence-electron chi connectivity index (χ1n) is 7.17. The van der Waals surface area contributed by atoms with Gasteiger partial charge in [0.1, 0.15) is 0 Å². The molecule has 1 aromatic rings. The Balaban J connectivity index is 1.97. The number of hydrogen-bond acceptors (Lipinski definition) is 4. The molecule has 0 atom stereocenters. The molecule has 0 saturated heterocycles. The number of carbonyl (C=O) groups is 2. The third-order valence-corrected chi connectivity index (χ3v) is 4.29. The van der Waals surface area contributed by atoms with Crippen molar-refractivity contribution in [1.82, 2.24) is 9.88 Å². The maximum absolute atomic E-state index is 11.9. The lowest BCUT2D eigenvalue weighted by atomic mass is 9.91. The molecule has 0 N–H and O–H groups in total. The third kappa shape index (κ3) is 2.15. The predicted molar refractivity (Wildman–Crippen MR) is 76.2 cm³/mol. The zero-order valence-corrected chi connectivity index (χ0v) is 11.6. The molecule has 4 heteroatoms. The summed E-state index contributed by atoms with van der Waals surface area (Å²) in [7, 11) is 2.00. The summed E-state index contributed by atoms with van der Waals surface area (Å²) in [4.78, 5) is 30.2. The van der Waals surface area contributed by atoms with Crippen LogP contribution in [0.2, 0.25) is 0 Å². The Kier molecular flexibility index (Phi) is 3.38. The van der Waals surface area contributed by atoms with Gasteiger partial charge in [-0.25, -0.2) is 0 Å². The largest absolute Gasteiger partial charge is 0.370 e. The van der Waals surface area contributed by atoms with Crippen LogP contribution in [0.15, 0.2) is 24.4 Å². The zero-order valence-electron chi connectivity index (χ0n) is 11.6. The van der Waals surface area contributed by atoms with Gasteiger partial charge in [0.25, 0.3) is 0 Å². The molecule has 0 amide bonds. The molecule has 1 aromatic heterocycles. The number of allylic oxidation sites excluding steroid dienone is 1. The molecular weight excluding hydrogens is 252 g/mol. The summed E-state index contributed by atoms with van der Waals surface area (Å²) in [6, 6.07) is 3.82. The van der Waals surface area contributed by atoms with E-state index in [2.05, 4.69) is 9.88 Å². The van der Waals surface area contributed by atoms with Gasteiger partial charge in [-0.1, -0.05) is 19.3 Å². The number of Topliss-reactive ketones (excluding diaryl/α,β-unsaturated/α-hetero) is 1. The Morgan fingerprint density at radius 2 is 1.95 bits per heavy atom. The second kappa shape index (κ2) is 5.19. The van der Waals surface area contributed by atoms with E-state index in [4.69, 9.17) is 0 Å². The molecule has 0 aliphatic heterocycles. The molecule has 20 heavy (non-hydrogen) atoms. The van der Waals surface area contributed by atoms with Crippen molar-refractivity contribution in [2.45, 2.75) is 38.1 Å². The lowest BCUT2D eigenvalue weighted by Crippen LogP contribution is -2.35. The summed E-state index contributed by atoms with van der Waals surface area (Å²) < 4.78 is 0. The van der Waals surface area contributed by atoms with Gasteiger partial charge in [-0.3, -0.25) is 14.6 Å². The van der Waals surface area contributed by atoms with Gasteiger partial charge in [-0.15, -0.1) is 0 Å². The van der Waals surface area contributed by atoms with Crippen molar-refractivity contribution in [2.75, 3.05) is 7.05 Å². The normalized spacial score (nSPS) is 19.6. The lowest BCUT2D eigenvalue weighted by Gasteiger charge is -2.35. The SMILES string of the molecule is CN(C1=CC(=O)C(=O)c2cccnc21)C1CCCCC1. The summed E-state index contributed by atoms with van der Waals surface area (Å²) in [5.41, 5.74) is 1.86. The van der Waals surface area contributed by atoms with Gasteiger partial charge in [0, 0.05) is 25.4 Å². The van der Waals surface area contributed by atoms with Crippen LogP contribution < -0.4 is 0 Å². The fourth-order valence-electron chi connectivity index (χ4n) is 3.12. The van der Waals surface area contributed by atoms with Crippen molar-refractivity contribution >= 4 is 17.3 Å². The minimum Gasteiger partial charge on any atom is -0.370 e. The van der Waals surface area contributed by atoms with Crippen LogP contribution in [-0.2, 0) is 4.79 Å². The van der Waals surface area contributed by atoms with E-state index in [1.807, 2.05) is 7.05 Å². The standard InChI is InChI=1S/C16H18N2O2/c1-18(11-6-3-2-4-7-11)13-10-14(19)16(20)12-8-5-9-17-15(12)13/h5,8-11H,2-4,6-7H2,1H3. The maximum Gasteiger partial charge on any atom is 0.235 e. The van der Waals surface area contributed by atoms with Gasteiger partial charge in [0.2, 0.25) is 11.6 Å². The molecule has 0 spiro atoms. The Hall–Kier alpha value is -1.97. The van der Waals surface area contributed by atoms with Gasteiger partial charge in [0.05, 0.1) is 17.0 Å². The summed E-state index contributed by atoms with van der Waals surface area (Å²) in [5.74, 6) is -0.892. The van der Waals surface area contributed by atoms with E-state index >= 15 is 0 Å². The smallest absolute Gasteiger partial charge is 0.235 e. The molecule has 1 saturated carbocycles. The van der Waals surface area contributed by atoms with E-state index in [0.29, 0.717) is 17.3 Å². The molecule has 0 radical (unpaired) electrons. The monoisotopic (exact) mass is 270 g/mol. The van der Waals surface area contributed by atoms with Crippen molar-refractivity contribution in [1.29, 1.82) is 0 Å². The number of carbonyl (C=O) groups excluding carboxylic acids is 2. The fraction of sp³-hybridized carbons (Fsp3) is 0.438. The average Bonchev–Trinajstić information content (AvgIpc) is 2.51. The number of pyridine rings is 1. The van der Waals surface area contributed by atoms with Crippen molar-refractivity contribution in [3.8, 4) is 0 Å². The third-order valence-electron chi connectivity index (χ3n) is 4.29. The van der Waals surface area contributed by atoms with Crippen LogP contribution in [0.25, 0.3) is 5.70 Å².